The number of nitrogens with one attached hydrogen (secondary N) is 1. The Kier molecular flexibility index (Phi) is 6.35. The molecule has 0 radical (unpaired) electrons. The molecule has 1 atom stereocenters. The Morgan fingerprint density at radius 2 is 1.40 bits per heavy atom. The predicted molar refractivity (Wildman–Crippen MR) is 108 cm³/mol. The number of thioether (sulfide) groups is 1. The summed E-state index contributed by atoms with van der Waals surface area (Å²) in [6.07, 6.45) is 0. The lowest BCUT2D eigenvalue weighted by atomic mass is 10.1. The summed E-state index contributed by atoms with van der Waals surface area (Å²) in [5.74, 6) is 0. The predicted octanol–water partition coefficient (Wildman–Crippen LogP) is 4.85. The second-order valence-electron chi connectivity index (χ2n) is 7.29. The van der Waals surface area contributed by atoms with Crippen molar-refractivity contribution in [2.75, 3.05) is 6.54 Å². The summed E-state index contributed by atoms with van der Waals surface area (Å²) < 4.78 is 28.0. The highest BCUT2D eigenvalue weighted by molar-refractivity contribution is 8.00. The monoisotopic (exact) mass is 377 g/mol. The van der Waals surface area contributed by atoms with Crippen molar-refractivity contribution in [1.82, 2.24) is 4.72 Å². The van der Waals surface area contributed by atoms with Crippen molar-refractivity contribution in [2.24, 2.45) is 0 Å². The Labute approximate surface area is 156 Å². The molecule has 0 bridgehead atoms. The van der Waals surface area contributed by atoms with Crippen molar-refractivity contribution in [3.8, 4) is 0 Å². The highest BCUT2D eigenvalue weighted by atomic mass is 32.2. The maximum Gasteiger partial charge on any atom is 0.240 e. The van der Waals surface area contributed by atoms with E-state index in [4.69, 9.17) is 0 Å². The first-order chi connectivity index (χ1) is 11.6. The number of aryl methyl sites for hydroxylation is 2. The van der Waals surface area contributed by atoms with Crippen LogP contribution >= 0.6 is 11.8 Å². The average Bonchev–Trinajstić information content (AvgIpc) is 2.52. The summed E-state index contributed by atoms with van der Waals surface area (Å²) in [4.78, 5) is 0.307. The summed E-state index contributed by atoms with van der Waals surface area (Å²) in [6.45, 7) is 10.8. The second-order valence-corrected chi connectivity index (χ2v) is 11.1. The lowest BCUT2D eigenvalue weighted by Gasteiger charge is -2.26. The van der Waals surface area contributed by atoms with Gasteiger partial charge in [-0.25, -0.2) is 13.1 Å². The van der Waals surface area contributed by atoms with Crippen molar-refractivity contribution in [3.05, 3.63) is 65.2 Å². The van der Waals surface area contributed by atoms with E-state index in [1.807, 2.05) is 19.1 Å². The van der Waals surface area contributed by atoms with Crippen molar-refractivity contribution in [1.29, 1.82) is 0 Å². The van der Waals surface area contributed by atoms with Crippen LogP contribution in [-0.2, 0) is 10.0 Å². The first kappa shape index (κ1) is 20.0. The van der Waals surface area contributed by atoms with E-state index in [0.717, 1.165) is 11.1 Å². The summed E-state index contributed by atoms with van der Waals surface area (Å²) in [5, 5.41) is 0.0563. The van der Waals surface area contributed by atoms with Gasteiger partial charge < -0.3 is 0 Å². The Bertz CT molecular complexity index is 789. The molecule has 25 heavy (non-hydrogen) atoms. The summed E-state index contributed by atoms with van der Waals surface area (Å²) >= 11 is 1.77. The van der Waals surface area contributed by atoms with Gasteiger partial charge in [-0.05, 0) is 31.5 Å². The van der Waals surface area contributed by atoms with Gasteiger partial charge in [0.15, 0.2) is 0 Å². The standard InChI is InChI=1S/C20H27NO2S2/c1-15-6-10-17(11-7-15)19(24-20(3,4)5)14-21-25(22,23)18-12-8-16(2)9-13-18/h6-13,19,21H,14H2,1-5H3. The van der Waals surface area contributed by atoms with Gasteiger partial charge in [0, 0.05) is 16.5 Å². The number of hydrogen-bond donors (Lipinski definition) is 1. The third-order valence-corrected chi connectivity index (χ3v) is 6.60. The van der Waals surface area contributed by atoms with Crippen molar-refractivity contribution >= 4 is 21.8 Å². The minimum atomic E-state index is -3.51. The SMILES string of the molecule is Cc1ccc(C(CNS(=O)(=O)c2ccc(C)cc2)SC(C)(C)C)cc1. The molecule has 1 N–H and O–H groups in total. The van der Waals surface area contributed by atoms with E-state index in [-0.39, 0.29) is 10.00 Å². The van der Waals surface area contributed by atoms with Crippen LogP contribution in [0.25, 0.3) is 0 Å². The molecule has 0 aromatic heterocycles. The fraction of sp³-hybridized carbons (Fsp3) is 0.400. The van der Waals surface area contributed by atoms with Gasteiger partial charge in [0.2, 0.25) is 10.0 Å². The maximum absolute atomic E-state index is 12.6. The van der Waals surface area contributed by atoms with Crippen LogP contribution in [0, 0.1) is 13.8 Å². The van der Waals surface area contributed by atoms with Gasteiger partial charge in [-0.15, -0.1) is 11.8 Å². The Balaban J connectivity index is 2.18. The molecule has 0 aliphatic rings. The third kappa shape index (κ3) is 6.17. The van der Waals surface area contributed by atoms with Gasteiger partial charge in [0.05, 0.1) is 4.90 Å². The zero-order valence-corrected chi connectivity index (χ0v) is 17.2. The molecule has 5 heteroatoms. The molecule has 0 aliphatic heterocycles. The lowest BCUT2D eigenvalue weighted by molar-refractivity contribution is 0.580. The van der Waals surface area contributed by atoms with Crippen LogP contribution in [0.15, 0.2) is 53.4 Å². The molecular formula is C20H27NO2S2. The fourth-order valence-corrected chi connectivity index (χ4v) is 4.89. The zero-order chi connectivity index (χ0) is 18.7. The minimum Gasteiger partial charge on any atom is -0.210 e. The van der Waals surface area contributed by atoms with E-state index in [0.29, 0.717) is 11.4 Å². The van der Waals surface area contributed by atoms with Gasteiger partial charge in [-0.2, -0.15) is 0 Å². The Hall–Kier alpha value is -1.30. The smallest absolute Gasteiger partial charge is 0.210 e. The van der Waals surface area contributed by atoms with Gasteiger partial charge in [-0.1, -0.05) is 68.3 Å². The van der Waals surface area contributed by atoms with Crippen LogP contribution < -0.4 is 4.72 Å². The van der Waals surface area contributed by atoms with Gasteiger partial charge >= 0.3 is 0 Å². The molecule has 2 aromatic carbocycles. The lowest BCUT2D eigenvalue weighted by Crippen LogP contribution is -2.29. The molecule has 136 valence electrons. The van der Waals surface area contributed by atoms with Crippen LogP contribution in [0.1, 0.15) is 42.7 Å². The molecule has 0 fully saturated rings. The van der Waals surface area contributed by atoms with Crippen LogP contribution in [0.3, 0.4) is 0 Å². The van der Waals surface area contributed by atoms with Crippen molar-refractivity contribution < 1.29 is 8.42 Å². The fourth-order valence-electron chi connectivity index (χ4n) is 2.42. The zero-order valence-electron chi connectivity index (χ0n) is 15.5. The van der Waals surface area contributed by atoms with Gasteiger partial charge in [0.25, 0.3) is 0 Å². The van der Waals surface area contributed by atoms with Gasteiger partial charge in [-0.3, -0.25) is 0 Å². The first-order valence-corrected chi connectivity index (χ1v) is 10.7. The van der Waals surface area contributed by atoms with Crippen LogP contribution in [-0.4, -0.2) is 19.7 Å². The van der Waals surface area contributed by atoms with Crippen LogP contribution in [0.4, 0.5) is 0 Å². The van der Waals surface area contributed by atoms with E-state index >= 15 is 0 Å². The van der Waals surface area contributed by atoms with E-state index in [9.17, 15) is 8.42 Å². The van der Waals surface area contributed by atoms with E-state index in [1.165, 1.54) is 5.56 Å². The number of benzene rings is 2. The second kappa shape index (κ2) is 7.94. The van der Waals surface area contributed by atoms with Crippen molar-refractivity contribution in [2.45, 2.75) is 49.5 Å². The van der Waals surface area contributed by atoms with Crippen molar-refractivity contribution in [3.63, 3.8) is 0 Å². The van der Waals surface area contributed by atoms with Gasteiger partial charge in [0.1, 0.15) is 0 Å². The Morgan fingerprint density at radius 1 is 0.920 bits per heavy atom. The molecule has 0 saturated carbocycles. The molecule has 2 aromatic rings. The molecular weight excluding hydrogens is 350 g/mol. The quantitative estimate of drug-likeness (QED) is 0.782. The molecule has 2 rings (SSSR count). The third-order valence-electron chi connectivity index (χ3n) is 3.73. The maximum atomic E-state index is 12.6. The molecule has 0 amide bonds. The van der Waals surface area contributed by atoms with E-state index in [2.05, 4.69) is 56.7 Å². The molecule has 3 nitrogen and oxygen atoms in total. The molecule has 1 unspecified atom stereocenters. The highest BCUT2D eigenvalue weighted by Gasteiger charge is 2.23. The number of sulfonamides is 1. The first-order valence-electron chi connectivity index (χ1n) is 8.37. The average molecular weight is 378 g/mol. The van der Waals surface area contributed by atoms with E-state index in [1.54, 1.807) is 23.9 Å². The minimum absolute atomic E-state index is 0.0326. The van der Waals surface area contributed by atoms with E-state index < -0.39 is 10.0 Å². The topological polar surface area (TPSA) is 46.2 Å². The number of rotatable bonds is 6. The summed E-state index contributed by atoms with van der Waals surface area (Å²) in [6, 6.07) is 15.2. The molecule has 0 spiro atoms. The summed E-state index contributed by atoms with van der Waals surface area (Å²) in [5.41, 5.74) is 3.38. The largest absolute Gasteiger partial charge is 0.240 e. The molecule has 0 aliphatic carbocycles. The Morgan fingerprint density at radius 3 is 1.88 bits per heavy atom. The van der Waals surface area contributed by atoms with Crippen LogP contribution in [0.2, 0.25) is 0 Å². The molecule has 0 saturated heterocycles. The summed E-state index contributed by atoms with van der Waals surface area (Å²) in [7, 11) is -3.51. The normalized spacial score (nSPS) is 13.6. The van der Waals surface area contributed by atoms with Crippen LogP contribution in [0.5, 0.6) is 0 Å². The highest BCUT2D eigenvalue weighted by Crippen LogP contribution is 2.38. The molecule has 0 heterocycles. The number of hydrogen-bond acceptors (Lipinski definition) is 3.